The lowest BCUT2D eigenvalue weighted by atomic mass is 10.0. The fourth-order valence-electron chi connectivity index (χ4n) is 2.60. The standard InChI is InChI=1S/C22H25BrFN3O3/c1-4-11-30-19-10-9-16(23)12-15(19)13-25-27-22(29)20(14(2)3)26-21(28)17-7-5-6-8-18(17)24/h5-10,12-14,20H,4,11H2,1-3H3,(H,26,28)(H,27,29). The van der Waals surface area contributed by atoms with Crippen molar-refractivity contribution in [3.8, 4) is 5.75 Å². The van der Waals surface area contributed by atoms with Crippen molar-refractivity contribution in [3.63, 3.8) is 0 Å². The second-order valence-corrected chi connectivity index (χ2v) is 7.86. The van der Waals surface area contributed by atoms with E-state index in [2.05, 4.69) is 31.8 Å². The predicted octanol–water partition coefficient (Wildman–Crippen LogP) is 4.28. The monoisotopic (exact) mass is 477 g/mol. The van der Waals surface area contributed by atoms with Crippen molar-refractivity contribution < 1.29 is 18.7 Å². The predicted molar refractivity (Wildman–Crippen MR) is 118 cm³/mol. The Morgan fingerprint density at radius 2 is 1.97 bits per heavy atom. The molecule has 8 heteroatoms. The Hall–Kier alpha value is -2.74. The lowest BCUT2D eigenvalue weighted by Crippen LogP contribution is -2.48. The summed E-state index contributed by atoms with van der Waals surface area (Å²) in [4.78, 5) is 24.9. The van der Waals surface area contributed by atoms with E-state index in [-0.39, 0.29) is 11.5 Å². The number of hydrazone groups is 1. The van der Waals surface area contributed by atoms with Crippen LogP contribution in [0.3, 0.4) is 0 Å². The molecule has 2 N–H and O–H groups in total. The van der Waals surface area contributed by atoms with Gasteiger partial charge >= 0.3 is 0 Å². The number of hydrogen-bond donors (Lipinski definition) is 2. The first-order valence-corrected chi connectivity index (χ1v) is 10.4. The zero-order valence-corrected chi connectivity index (χ0v) is 18.7. The molecule has 0 aliphatic carbocycles. The molecule has 0 bridgehead atoms. The van der Waals surface area contributed by atoms with Crippen LogP contribution in [0, 0.1) is 11.7 Å². The molecule has 2 aromatic carbocycles. The zero-order chi connectivity index (χ0) is 22.1. The summed E-state index contributed by atoms with van der Waals surface area (Å²) in [5, 5.41) is 6.57. The summed E-state index contributed by atoms with van der Waals surface area (Å²) in [7, 11) is 0. The van der Waals surface area contributed by atoms with E-state index in [0.29, 0.717) is 17.9 Å². The van der Waals surface area contributed by atoms with Crippen molar-refractivity contribution >= 4 is 34.0 Å². The SMILES string of the molecule is CCCOc1ccc(Br)cc1C=NNC(=O)C(NC(=O)c1ccccc1F)C(C)C. The van der Waals surface area contributed by atoms with Gasteiger partial charge in [-0.3, -0.25) is 9.59 Å². The molecular formula is C22H25BrFN3O3. The smallest absolute Gasteiger partial charge is 0.262 e. The maximum atomic E-state index is 13.8. The summed E-state index contributed by atoms with van der Waals surface area (Å²) >= 11 is 3.40. The van der Waals surface area contributed by atoms with Crippen LogP contribution in [0.1, 0.15) is 43.1 Å². The van der Waals surface area contributed by atoms with Crippen LogP contribution in [0.5, 0.6) is 5.75 Å². The number of hydrogen-bond acceptors (Lipinski definition) is 4. The van der Waals surface area contributed by atoms with Gasteiger partial charge in [0, 0.05) is 10.0 Å². The Bertz CT molecular complexity index is 918. The first kappa shape index (κ1) is 23.5. The lowest BCUT2D eigenvalue weighted by molar-refractivity contribution is -0.123. The molecule has 0 aliphatic rings. The number of nitrogens with one attached hydrogen (secondary N) is 2. The molecule has 160 valence electrons. The van der Waals surface area contributed by atoms with Crippen molar-refractivity contribution in [1.82, 2.24) is 10.7 Å². The van der Waals surface area contributed by atoms with Gasteiger partial charge in [0.25, 0.3) is 11.8 Å². The molecule has 0 aromatic heterocycles. The zero-order valence-electron chi connectivity index (χ0n) is 17.1. The Morgan fingerprint density at radius 1 is 1.23 bits per heavy atom. The Labute approximate surface area is 184 Å². The highest BCUT2D eigenvalue weighted by molar-refractivity contribution is 9.10. The number of ether oxygens (including phenoxy) is 1. The van der Waals surface area contributed by atoms with Crippen LogP contribution in [0.4, 0.5) is 4.39 Å². The van der Waals surface area contributed by atoms with E-state index < -0.39 is 23.7 Å². The van der Waals surface area contributed by atoms with Crippen LogP contribution in [0.25, 0.3) is 0 Å². The topological polar surface area (TPSA) is 79.8 Å². The van der Waals surface area contributed by atoms with Crippen LogP contribution in [0.15, 0.2) is 52.0 Å². The molecular weight excluding hydrogens is 453 g/mol. The van der Waals surface area contributed by atoms with Gasteiger partial charge in [0.2, 0.25) is 0 Å². The number of rotatable bonds is 9. The largest absolute Gasteiger partial charge is 0.493 e. The van der Waals surface area contributed by atoms with E-state index in [0.717, 1.165) is 10.9 Å². The third-order valence-electron chi connectivity index (χ3n) is 4.17. The highest BCUT2D eigenvalue weighted by Crippen LogP contribution is 2.22. The fourth-order valence-corrected chi connectivity index (χ4v) is 2.98. The van der Waals surface area contributed by atoms with Gasteiger partial charge in [0.1, 0.15) is 17.6 Å². The molecule has 1 unspecified atom stereocenters. The Balaban J connectivity index is 2.08. The van der Waals surface area contributed by atoms with Crippen molar-refractivity contribution in [1.29, 1.82) is 0 Å². The van der Waals surface area contributed by atoms with Gasteiger partial charge in [-0.05, 0) is 42.7 Å². The number of carbonyl (C=O) groups excluding carboxylic acids is 2. The van der Waals surface area contributed by atoms with Crippen LogP contribution >= 0.6 is 15.9 Å². The molecule has 1 atom stereocenters. The summed E-state index contributed by atoms with van der Waals surface area (Å²) in [5.41, 5.74) is 3.01. The molecule has 2 rings (SSSR count). The molecule has 0 heterocycles. The summed E-state index contributed by atoms with van der Waals surface area (Å²) in [6.45, 7) is 6.13. The number of carbonyl (C=O) groups is 2. The van der Waals surface area contributed by atoms with Gasteiger partial charge in [-0.15, -0.1) is 0 Å². The number of halogens is 2. The first-order valence-electron chi connectivity index (χ1n) is 9.64. The fraction of sp³-hybridized carbons (Fsp3) is 0.318. The van der Waals surface area contributed by atoms with E-state index in [4.69, 9.17) is 4.74 Å². The third kappa shape index (κ3) is 6.66. The van der Waals surface area contributed by atoms with E-state index in [1.54, 1.807) is 19.9 Å². The average molecular weight is 478 g/mol. The van der Waals surface area contributed by atoms with Crippen molar-refractivity contribution in [3.05, 3.63) is 63.9 Å². The number of benzene rings is 2. The average Bonchev–Trinajstić information content (AvgIpc) is 2.71. The van der Waals surface area contributed by atoms with Crippen molar-refractivity contribution in [2.24, 2.45) is 11.0 Å². The van der Waals surface area contributed by atoms with Gasteiger partial charge in [-0.2, -0.15) is 5.10 Å². The van der Waals surface area contributed by atoms with E-state index >= 15 is 0 Å². The first-order chi connectivity index (χ1) is 14.3. The molecule has 2 amide bonds. The minimum absolute atomic E-state index is 0.119. The third-order valence-corrected chi connectivity index (χ3v) is 4.66. The molecule has 0 saturated carbocycles. The molecule has 2 aromatic rings. The summed E-state index contributed by atoms with van der Waals surface area (Å²) in [6.07, 6.45) is 2.34. The lowest BCUT2D eigenvalue weighted by Gasteiger charge is -2.20. The molecule has 30 heavy (non-hydrogen) atoms. The Morgan fingerprint density at radius 3 is 2.63 bits per heavy atom. The van der Waals surface area contributed by atoms with Gasteiger partial charge in [-0.25, -0.2) is 9.82 Å². The molecule has 0 radical (unpaired) electrons. The van der Waals surface area contributed by atoms with Gasteiger partial charge in [0.15, 0.2) is 0 Å². The maximum absolute atomic E-state index is 13.8. The maximum Gasteiger partial charge on any atom is 0.262 e. The van der Waals surface area contributed by atoms with Crippen LogP contribution in [-0.4, -0.2) is 30.7 Å². The van der Waals surface area contributed by atoms with E-state index in [1.807, 2.05) is 25.1 Å². The van der Waals surface area contributed by atoms with Gasteiger partial charge in [0.05, 0.1) is 18.4 Å². The summed E-state index contributed by atoms with van der Waals surface area (Å²) < 4.78 is 20.4. The molecule has 0 fully saturated rings. The number of nitrogens with zero attached hydrogens (tertiary/aromatic N) is 1. The summed E-state index contributed by atoms with van der Waals surface area (Å²) in [6, 6.07) is 10.2. The normalized spacial score (nSPS) is 12.1. The van der Waals surface area contributed by atoms with E-state index in [9.17, 15) is 14.0 Å². The van der Waals surface area contributed by atoms with Crippen molar-refractivity contribution in [2.75, 3.05) is 6.61 Å². The Kier molecular flexibility index (Phi) is 8.98. The van der Waals surface area contributed by atoms with Gasteiger partial charge < -0.3 is 10.1 Å². The van der Waals surface area contributed by atoms with Gasteiger partial charge in [-0.1, -0.05) is 48.8 Å². The quantitative estimate of drug-likeness (QED) is 0.417. The highest BCUT2D eigenvalue weighted by atomic mass is 79.9. The second-order valence-electron chi connectivity index (χ2n) is 6.94. The van der Waals surface area contributed by atoms with E-state index in [1.165, 1.54) is 24.4 Å². The van der Waals surface area contributed by atoms with Crippen molar-refractivity contribution in [2.45, 2.75) is 33.2 Å². The van der Waals surface area contributed by atoms with Crippen LogP contribution < -0.4 is 15.5 Å². The minimum atomic E-state index is -0.882. The second kappa shape index (κ2) is 11.4. The van der Waals surface area contributed by atoms with Crippen LogP contribution in [-0.2, 0) is 4.79 Å². The molecule has 0 spiro atoms. The molecule has 0 saturated heterocycles. The molecule has 6 nitrogen and oxygen atoms in total. The van der Waals surface area contributed by atoms with Crippen LogP contribution in [0.2, 0.25) is 0 Å². The minimum Gasteiger partial charge on any atom is -0.493 e. The summed E-state index contributed by atoms with van der Waals surface area (Å²) in [5.74, 6) is -1.40. The highest BCUT2D eigenvalue weighted by Gasteiger charge is 2.25. The number of amides is 2. The molecule has 0 aliphatic heterocycles.